The minimum Gasteiger partial charge on any atom is -0.481 e. The molecule has 0 aliphatic heterocycles. The number of carbonyl (C=O) groups is 2. The Morgan fingerprint density at radius 3 is 2.38 bits per heavy atom. The third kappa shape index (κ3) is 6.19. The van der Waals surface area contributed by atoms with Crippen LogP contribution in [0.15, 0.2) is 59.1 Å². The Kier molecular flexibility index (Phi) is 7.66. The Hall–Kier alpha value is -2.34. The highest BCUT2D eigenvalue weighted by Crippen LogP contribution is 2.17. The Morgan fingerprint density at radius 2 is 1.77 bits per heavy atom. The summed E-state index contributed by atoms with van der Waals surface area (Å²) >= 11 is 3.35. The van der Waals surface area contributed by atoms with E-state index in [1.54, 1.807) is 24.0 Å². The molecule has 0 saturated carbocycles. The van der Waals surface area contributed by atoms with Crippen LogP contribution >= 0.6 is 15.9 Å². The summed E-state index contributed by atoms with van der Waals surface area (Å²) in [5.74, 6) is 0.152. The Morgan fingerprint density at radius 1 is 1.12 bits per heavy atom. The van der Waals surface area contributed by atoms with Gasteiger partial charge in [0.2, 0.25) is 5.91 Å². The number of ether oxygens (including phenoxy) is 1. The molecule has 0 radical (unpaired) electrons. The van der Waals surface area contributed by atoms with Crippen molar-refractivity contribution in [1.82, 2.24) is 10.2 Å². The fraction of sp³-hybridized carbons (Fsp3) is 0.300. The molecule has 0 fully saturated rings. The number of rotatable bonds is 8. The summed E-state index contributed by atoms with van der Waals surface area (Å²) in [6, 6.07) is 17.0. The van der Waals surface area contributed by atoms with Crippen molar-refractivity contribution in [3.05, 3.63) is 64.6 Å². The fourth-order valence-electron chi connectivity index (χ4n) is 2.37. The first-order valence-corrected chi connectivity index (χ1v) is 9.30. The fourth-order valence-corrected chi connectivity index (χ4v) is 2.63. The molecule has 0 bridgehead atoms. The van der Waals surface area contributed by atoms with Crippen molar-refractivity contribution in [2.75, 3.05) is 13.1 Å². The number of nitrogens with zero attached hydrogens (tertiary/aromatic N) is 1. The minimum atomic E-state index is -0.687. The van der Waals surface area contributed by atoms with Gasteiger partial charge in [-0.2, -0.15) is 0 Å². The van der Waals surface area contributed by atoms with Gasteiger partial charge in [0, 0.05) is 17.6 Å². The average Bonchev–Trinajstić information content (AvgIpc) is 2.66. The van der Waals surface area contributed by atoms with Gasteiger partial charge in [-0.25, -0.2) is 0 Å². The van der Waals surface area contributed by atoms with Gasteiger partial charge in [-0.05, 0) is 43.7 Å². The van der Waals surface area contributed by atoms with Gasteiger partial charge in [0.25, 0.3) is 5.91 Å². The van der Waals surface area contributed by atoms with Crippen LogP contribution < -0.4 is 10.1 Å². The number of carbonyl (C=O) groups excluding carboxylic acids is 2. The van der Waals surface area contributed by atoms with Gasteiger partial charge in [-0.1, -0.05) is 46.3 Å². The first kappa shape index (κ1) is 20.0. The molecule has 138 valence electrons. The second-order valence-electron chi connectivity index (χ2n) is 5.83. The van der Waals surface area contributed by atoms with Crippen molar-refractivity contribution >= 4 is 27.7 Å². The Labute approximate surface area is 162 Å². The molecule has 0 aromatic heterocycles. The van der Waals surface area contributed by atoms with E-state index in [1.807, 2.05) is 49.4 Å². The second-order valence-corrected chi connectivity index (χ2v) is 6.74. The number of hydrogen-bond acceptors (Lipinski definition) is 3. The van der Waals surface area contributed by atoms with Crippen LogP contribution in [0.25, 0.3) is 0 Å². The summed E-state index contributed by atoms with van der Waals surface area (Å²) in [6.45, 7) is 4.63. The number of halogens is 1. The molecule has 6 heteroatoms. The maximum absolute atomic E-state index is 12.4. The van der Waals surface area contributed by atoms with E-state index in [0.29, 0.717) is 18.8 Å². The Bertz CT molecular complexity index is 720. The highest BCUT2D eigenvalue weighted by Gasteiger charge is 2.18. The molecule has 0 spiro atoms. The smallest absolute Gasteiger partial charge is 0.261 e. The maximum atomic E-state index is 12.4. The largest absolute Gasteiger partial charge is 0.481 e. The van der Waals surface area contributed by atoms with E-state index in [-0.39, 0.29) is 18.4 Å². The van der Waals surface area contributed by atoms with Crippen molar-refractivity contribution in [3.8, 4) is 5.75 Å². The molecule has 2 aromatic carbocycles. The molecule has 5 nitrogen and oxygen atoms in total. The second kappa shape index (κ2) is 9.97. The highest BCUT2D eigenvalue weighted by atomic mass is 79.9. The highest BCUT2D eigenvalue weighted by molar-refractivity contribution is 9.10. The molecule has 1 atom stereocenters. The quantitative estimate of drug-likeness (QED) is 0.714. The molecule has 26 heavy (non-hydrogen) atoms. The normalized spacial score (nSPS) is 11.5. The molecule has 2 rings (SSSR count). The summed E-state index contributed by atoms with van der Waals surface area (Å²) in [5, 5.41) is 2.65. The van der Waals surface area contributed by atoms with Crippen LogP contribution in [0.2, 0.25) is 0 Å². The summed E-state index contributed by atoms with van der Waals surface area (Å²) in [4.78, 5) is 26.2. The van der Waals surface area contributed by atoms with Crippen LogP contribution in [0.1, 0.15) is 19.4 Å². The predicted molar refractivity (Wildman–Crippen MR) is 105 cm³/mol. The van der Waals surface area contributed by atoms with Gasteiger partial charge in [0.15, 0.2) is 6.10 Å². The molecule has 2 amide bonds. The lowest BCUT2D eigenvalue weighted by molar-refractivity contribution is -0.135. The van der Waals surface area contributed by atoms with Crippen molar-refractivity contribution in [2.24, 2.45) is 0 Å². The maximum Gasteiger partial charge on any atom is 0.261 e. The summed E-state index contributed by atoms with van der Waals surface area (Å²) in [7, 11) is 0. The lowest BCUT2D eigenvalue weighted by atomic mass is 10.2. The van der Waals surface area contributed by atoms with E-state index in [2.05, 4.69) is 21.2 Å². The van der Waals surface area contributed by atoms with Crippen molar-refractivity contribution in [2.45, 2.75) is 26.5 Å². The van der Waals surface area contributed by atoms with E-state index >= 15 is 0 Å². The van der Waals surface area contributed by atoms with E-state index in [9.17, 15) is 9.59 Å². The molecular weight excluding hydrogens is 396 g/mol. The standard InChI is InChI=1S/C20H23BrN2O3/c1-3-23(14-16-7-5-4-6-8-16)19(24)13-22-20(25)15(2)26-18-11-9-17(21)10-12-18/h4-12,15H,3,13-14H2,1-2H3,(H,22,25). The lowest BCUT2D eigenvalue weighted by Crippen LogP contribution is -2.43. The number of likely N-dealkylation sites (N-methyl/N-ethyl adjacent to an activating group) is 1. The average molecular weight is 419 g/mol. The van der Waals surface area contributed by atoms with Gasteiger partial charge in [0.05, 0.1) is 6.54 Å². The van der Waals surface area contributed by atoms with Crippen molar-refractivity contribution < 1.29 is 14.3 Å². The molecule has 1 N–H and O–H groups in total. The summed E-state index contributed by atoms with van der Waals surface area (Å²) < 4.78 is 6.52. The summed E-state index contributed by atoms with van der Waals surface area (Å²) in [5.41, 5.74) is 1.06. The van der Waals surface area contributed by atoms with Gasteiger partial charge >= 0.3 is 0 Å². The zero-order valence-corrected chi connectivity index (χ0v) is 16.5. The zero-order valence-electron chi connectivity index (χ0n) is 14.9. The molecule has 2 aromatic rings. The van der Waals surface area contributed by atoms with Gasteiger partial charge in [-0.15, -0.1) is 0 Å². The Balaban J connectivity index is 1.82. The minimum absolute atomic E-state index is 0.0481. The molecule has 0 saturated heterocycles. The van der Waals surface area contributed by atoms with E-state index in [1.165, 1.54) is 0 Å². The monoisotopic (exact) mass is 418 g/mol. The summed E-state index contributed by atoms with van der Waals surface area (Å²) in [6.07, 6.45) is -0.687. The van der Waals surface area contributed by atoms with Gasteiger partial charge in [0.1, 0.15) is 5.75 Å². The van der Waals surface area contributed by atoms with Crippen molar-refractivity contribution in [1.29, 1.82) is 0 Å². The van der Waals surface area contributed by atoms with Crippen LogP contribution in [-0.4, -0.2) is 35.9 Å². The molecule has 0 aliphatic carbocycles. The first-order chi connectivity index (χ1) is 12.5. The lowest BCUT2D eigenvalue weighted by Gasteiger charge is -2.22. The van der Waals surface area contributed by atoms with E-state index < -0.39 is 6.10 Å². The number of nitrogens with one attached hydrogen (secondary N) is 1. The van der Waals surface area contributed by atoms with Crippen LogP contribution in [0.4, 0.5) is 0 Å². The molecule has 0 aliphatic rings. The topological polar surface area (TPSA) is 58.6 Å². The van der Waals surface area contributed by atoms with Crippen LogP contribution in [0, 0.1) is 0 Å². The van der Waals surface area contributed by atoms with Crippen molar-refractivity contribution in [3.63, 3.8) is 0 Å². The number of hydrogen-bond donors (Lipinski definition) is 1. The van der Waals surface area contributed by atoms with E-state index in [4.69, 9.17) is 4.74 Å². The van der Waals surface area contributed by atoms with Gasteiger partial charge < -0.3 is 15.0 Å². The molecular formula is C20H23BrN2O3. The van der Waals surface area contributed by atoms with E-state index in [0.717, 1.165) is 10.0 Å². The number of benzene rings is 2. The third-order valence-corrected chi connectivity index (χ3v) is 4.39. The van der Waals surface area contributed by atoms with Gasteiger partial charge in [-0.3, -0.25) is 9.59 Å². The molecule has 1 unspecified atom stereocenters. The van der Waals surface area contributed by atoms with Crippen LogP contribution in [0.3, 0.4) is 0 Å². The first-order valence-electron chi connectivity index (χ1n) is 8.51. The zero-order chi connectivity index (χ0) is 18.9. The van der Waals surface area contributed by atoms with Crippen LogP contribution in [0.5, 0.6) is 5.75 Å². The SMILES string of the molecule is CCN(Cc1ccccc1)C(=O)CNC(=O)C(C)Oc1ccc(Br)cc1. The van der Waals surface area contributed by atoms with Crippen LogP contribution in [-0.2, 0) is 16.1 Å². The third-order valence-electron chi connectivity index (χ3n) is 3.86. The molecule has 0 heterocycles. The predicted octanol–water partition coefficient (Wildman–Crippen LogP) is 3.38. The number of amides is 2.